The summed E-state index contributed by atoms with van der Waals surface area (Å²) in [4.78, 5) is 12.3. The first-order chi connectivity index (χ1) is 16.8. The predicted octanol–water partition coefficient (Wildman–Crippen LogP) is 7.52. The van der Waals surface area contributed by atoms with Crippen molar-refractivity contribution in [1.29, 1.82) is 0 Å². The van der Waals surface area contributed by atoms with E-state index in [1.807, 2.05) is 0 Å². The van der Waals surface area contributed by atoms with Crippen molar-refractivity contribution in [3.05, 3.63) is 0 Å². The van der Waals surface area contributed by atoms with Gasteiger partial charge in [0.1, 0.15) is 6.61 Å². The molecule has 2 unspecified atom stereocenters. The van der Waals surface area contributed by atoms with Gasteiger partial charge in [0, 0.05) is 19.3 Å². The molecule has 2 atom stereocenters. The van der Waals surface area contributed by atoms with Crippen LogP contribution in [-0.4, -0.2) is 54.7 Å². The fourth-order valence-corrected chi connectivity index (χ4v) is 5.66. The molecular formula is C31H61NO3. The molecule has 4 heteroatoms. The zero-order valence-corrected chi connectivity index (χ0v) is 24.4. The number of hydrogen-bond donors (Lipinski definition) is 1. The number of hydrogen-bond acceptors (Lipinski definition) is 4. The molecule has 35 heavy (non-hydrogen) atoms. The molecule has 0 aromatic carbocycles. The number of carbonyl (C=O) groups excluding carboxylic acids is 1. The van der Waals surface area contributed by atoms with E-state index in [-0.39, 0.29) is 12.4 Å². The Hall–Kier alpha value is -0.450. The maximum atomic E-state index is 9.56. The lowest BCUT2D eigenvalue weighted by atomic mass is 9.80. The third-order valence-electron chi connectivity index (χ3n) is 8.92. The van der Waals surface area contributed by atoms with Crippen LogP contribution in [0.5, 0.6) is 0 Å². The number of Topliss-reactive ketones (excluding diaryl/α,β-unsaturated/α-hetero) is 1. The van der Waals surface area contributed by atoms with Gasteiger partial charge in [-0.1, -0.05) is 79.6 Å². The van der Waals surface area contributed by atoms with Gasteiger partial charge in [0.2, 0.25) is 0 Å². The Bertz CT molecular complexity index is 503. The van der Waals surface area contributed by atoms with Crippen molar-refractivity contribution in [3.8, 4) is 0 Å². The lowest BCUT2D eigenvalue weighted by Gasteiger charge is -2.40. The number of aliphatic hydroxyl groups is 1. The van der Waals surface area contributed by atoms with E-state index in [9.17, 15) is 4.79 Å². The third kappa shape index (κ3) is 14.8. The Morgan fingerprint density at radius 2 is 1.49 bits per heavy atom. The quantitative estimate of drug-likeness (QED) is 0.359. The molecule has 2 aliphatic carbocycles. The Kier molecular flexibility index (Phi) is 18.3. The number of piperidine rings is 1. The van der Waals surface area contributed by atoms with Crippen LogP contribution < -0.4 is 0 Å². The SMILES string of the molecule is CC(=O)CO.CCC(C)C1CCCCC1.CCC(C)COCC1CCC(N2CCC(C)CC2)CC1. The molecule has 0 spiro atoms. The van der Waals surface area contributed by atoms with Gasteiger partial charge in [0.25, 0.3) is 0 Å². The average molecular weight is 496 g/mol. The molecule has 2 saturated carbocycles. The molecule has 0 radical (unpaired) electrons. The number of aliphatic hydroxyl groups excluding tert-OH is 1. The van der Waals surface area contributed by atoms with Gasteiger partial charge in [-0.25, -0.2) is 0 Å². The third-order valence-corrected chi connectivity index (χ3v) is 8.92. The molecule has 4 nitrogen and oxygen atoms in total. The van der Waals surface area contributed by atoms with E-state index in [4.69, 9.17) is 9.84 Å². The predicted molar refractivity (Wildman–Crippen MR) is 150 cm³/mol. The van der Waals surface area contributed by atoms with E-state index in [2.05, 4.69) is 39.5 Å². The molecule has 208 valence electrons. The molecule has 0 aromatic rings. The second-order valence-corrected chi connectivity index (χ2v) is 12.1. The first kappa shape index (κ1) is 32.6. The molecule has 3 aliphatic rings. The first-order valence-electron chi connectivity index (χ1n) is 15.2. The van der Waals surface area contributed by atoms with E-state index in [0.29, 0.717) is 0 Å². The van der Waals surface area contributed by atoms with Crippen molar-refractivity contribution in [2.75, 3.05) is 32.9 Å². The number of nitrogens with zero attached hydrogens (tertiary/aromatic N) is 1. The van der Waals surface area contributed by atoms with Gasteiger partial charge >= 0.3 is 0 Å². The Balaban J connectivity index is 0.000000338. The van der Waals surface area contributed by atoms with Crippen LogP contribution in [0.15, 0.2) is 0 Å². The minimum absolute atomic E-state index is 0.190. The highest BCUT2D eigenvalue weighted by Gasteiger charge is 2.28. The summed E-state index contributed by atoms with van der Waals surface area (Å²) in [7, 11) is 0. The van der Waals surface area contributed by atoms with E-state index in [1.165, 1.54) is 103 Å². The van der Waals surface area contributed by atoms with Gasteiger partial charge in [-0.05, 0) is 88.1 Å². The summed E-state index contributed by atoms with van der Waals surface area (Å²) >= 11 is 0. The standard InChI is InChI=1S/C18H35NO.C10H20.C3H6O2/c1-4-15(2)13-20-14-17-5-7-18(8-6-17)19-11-9-16(3)10-12-19;1-3-9(2)10-7-5-4-6-8-10;1-3(5)2-4/h15-18H,4-14H2,1-3H3;9-10H,3-8H2,1-2H3;4H,2H2,1H3. The fraction of sp³-hybridized carbons (Fsp3) is 0.968. The van der Waals surface area contributed by atoms with Crippen molar-refractivity contribution >= 4 is 5.78 Å². The topological polar surface area (TPSA) is 49.8 Å². The molecule has 3 fully saturated rings. The highest BCUT2D eigenvalue weighted by atomic mass is 16.5. The van der Waals surface area contributed by atoms with Gasteiger partial charge in [-0.2, -0.15) is 0 Å². The van der Waals surface area contributed by atoms with Crippen LogP contribution in [0.2, 0.25) is 0 Å². The van der Waals surface area contributed by atoms with Crippen molar-refractivity contribution in [2.45, 2.75) is 131 Å². The first-order valence-corrected chi connectivity index (χ1v) is 15.2. The van der Waals surface area contributed by atoms with Gasteiger partial charge in [-0.3, -0.25) is 4.79 Å². The number of carbonyl (C=O) groups is 1. The maximum Gasteiger partial charge on any atom is 0.155 e. The van der Waals surface area contributed by atoms with Crippen LogP contribution in [0.1, 0.15) is 125 Å². The van der Waals surface area contributed by atoms with Crippen LogP contribution in [0, 0.1) is 29.6 Å². The molecule has 1 heterocycles. The molecular weight excluding hydrogens is 434 g/mol. The zero-order chi connectivity index (χ0) is 26.1. The monoisotopic (exact) mass is 495 g/mol. The molecule has 0 bridgehead atoms. The van der Waals surface area contributed by atoms with E-state index >= 15 is 0 Å². The molecule has 1 N–H and O–H groups in total. The molecule has 0 amide bonds. The minimum atomic E-state index is -0.333. The van der Waals surface area contributed by atoms with Crippen LogP contribution in [0.25, 0.3) is 0 Å². The van der Waals surface area contributed by atoms with E-state index < -0.39 is 0 Å². The summed E-state index contributed by atoms with van der Waals surface area (Å²) < 4.78 is 5.91. The van der Waals surface area contributed by atoms with Crippen LogP contribution >= 0.6 is 0 Å². The minimum Gasteiger partial charge on any atom is -0.389 e. The fourth-order valence-electron chi connectivity index (χ4n) is 5.66. The highest BCUT2D eigenvalue weighted by molar-refractivity contribution is 5.76. The van der Waals surface area contributed by atoms with Crippen molar-refractivity contribution in [3.63, 3.8) is 0 Å². The van der Waals surface area contributed by atoms with Crippen molar-refractivity contribution < 1.29 is 14.6 Å². The second kappa shape index (κ2) is 19.6. The van der Waals surface area contributed by atoms with Gasteiger partial charge in [-0.15, -0.1) is 0 Å². The summed E-state index contributed by atoms with van der Waals surface area (Å²) in [5.74, 6) is 4.38. The normalized spacial score (nSPS) is 26.0. The molecule has 1 aliphatic heterocycles. The number of ketones is 1. The van der Waals surface area contributed by atoms with Gasteiger partial charge in [0.05, 0.1) is 0 Å². The summed E-state index contributed by atoms with van der Waals surface area (Å²) in [6.45, 7) is 17.3. The van der Waals surface area contributed by atoms with Crippen molar-refractivity contribution in [2.24, 2.45) is 29.6 Å². The van der Waals surface area contributed by atoms with Gasteiger partial charge in [0.15, 0.2) is 5.78 Å². The Morgan fingerprint density at radius 3 is 1.97 bits per heavy atom. The maximum absolute atomic E-state index is 9.56. The van der Waals surface area contributed by atoms with E-state index in [1.54, 1.807) is 0 Å². The number of rotatable bonds is 9. The average Bonchev–Trinajstić information content (AvgIpc) is 2.90. The van der Waals surface area contributed by atoms with Crippen LogP contribution in [-0.2, 0) is 9.53 Å². The van der Waals surface area contributed by atoms with Gasteiger partial charge < -0.3 is 14.7 Å². The lowest BCUT2D eigenvalue weighted by molar-refractivity contribution is -0.119. The lowest BCUT2D eigenvalue weighted by Crippen LogP contribution is -2.43. The number of likely N-dealkylation sites (tertiary alicyclic amines) is 1. The summed E-state index contributed by atoms with van der Waals surface area (Å²) in [6.07, 6.45) is 18.5. The summed E-state index contributed by atoms with van der Waals surface area (Å²) in [6, 6.07) is 0.883. The smallest absolute Gasteiger partial charge is 0.155 e. The molecule has 3 rings (SSSR count). The van der Waals surface area contributed by atoms with Crippen LogP contribution in [0.3, 0.4) is 0 Å². The number of ether oxygens (including phenoxy) is 1. The van der Waals surface area contributed by atoms with E-state index in [0.717, 1.165) is 48.8 Å². The Morgan fingerprint density at radius 1 is 0.914 bits per heavy atom. The van der Waals surface area contributed by atoms with Crippen LogP contribution in [0.4, 0.5) is 0 Å². The second-order valence-electron chi connectivity index (χ2n) is 12.1. The summed E-state index contributed by atoms with van der Waals surface area (Å²) in [5.41, 5.74) is 0. The Labute approximate surface area is 219 Å². The highest BCUT2D eigenvalue weighted by Crippen LogP contribution is 2.31. The summed E-state index contributed by atoms with van der Waals surface area (Å²) in [5, 5.41) is 7.79. The van der Waals surface area contributed by atoms with Crippen molar-refractivity contribution in [1.82, 2.24) is 4.90 Å². The molecule has 0 aromatic heterocycles. The zero-order valence-electron chi connectivity index (χ0n) is 24.4. The molecule has 1 saturated heterocycles. The largest absolute Gasteiger partial charge is 0.389 e.